The van der Waals surface area contributed by atoms with Crippen LogP contribution in [-0.2, 0) is 11.3 Å². The van der Waals surface area contributed by atoms with Gasteiger partial charge in [-0.2, -0.15) is 0 Å². The molecule has 0 aliphatic carbocycles. The molecule has 144 valence electrons. The Labute approximate surface area is 170 Å². The number of benzene rings is 1. The lowest BCUT2D eigenvalue weighted by atomic mass is 10.2. The molecule has 1 aromatic heterocycles. The number of nitrogens with zero attached hydrogens (tertiary/aromatic N) is 3. The Balaban J connectivity index is 1.46. The molecule has 1 aromatic carbocycles. The molecule has 1 amide bonds. The van der Waals surface area contributed by atoms with E-state index in [1.165, 1.54) is 5.56 Å². The number of amides is 1. The van der Waals surface area contributed by atoms with Crippen LogP contribution < -0.4 is 0 Å². The van der Waals surface area contributed by atoms with Gasteiger partial charge < -0.3 is 4.90 Å². The molecule has 1 fully saturated rings. The quantitative estimate of drug-likeness (QED) is 0.672. The molecule has 3 rings (SSSR count). The summed E-state index contributed by atoms with van der Waals surface area (Å²) >= 11 is 7.66. The first-order chi connectivity index (χ1) is 13.1. The first-order valence-corrected chi connectivity index (χ1v) is 10.7. The molecule has 1 aliphatic heterocycles. The van der Waals surface area contributed by atoms with Crippen molar-refractivity contribution in [3.05, 3.63) is 59.4 Å². The molecule has 1 aliphatic rings. The average Bonchev–Trinajstić information content (AvgIpc) is 2.90. The van der Waals surface area contributed by atoms with Crippen LogP contribution in [0.3, 0.4) is 0 Å². The molecule has 0 spiro atoms. The molecule has 0 bridgehead atoms. The Bertz CT molecular complexity index is 726. The Kier molecular flexibility index (Phi) is 7.56. The Morgan fingerprint density at radius 3 is 2.74 bits per heavy atom. The molecule has 2 heterocycles. The zero-order valence-electron chi connectivity index (χ0n) is 15.7. The maximum absolute atomic E-state index is 12.7. The lowest BCUT2D eigenvalue weighted by Crippen LogP contribution is -2.36. The van der Waals surface area contributed by atoms with Crippen LogP contribution in [0.5, 0.6) is 0 Å². The summed E-state index contributed by atoms with van der Waals surface area (Å²) in [6, 6.07) is 11.9. The number of pyridine rings is 1. The van der Waals surface area contributed by atoms with Gasteiger partial charge in [-0.1, -0.05) is 24.6 Å². The summed E-state index contributed by atoms with van der Waals surface area (Å²) in [5.41, 5.74) is 1.23. The lowest BCUT2D eigenvalue weighted by Gasteiger charge is -2.23. The first kappa shape index (κ1) is 20.2. The van der Waals surface area contributed by atoms with Gasteiger partial charge >= 0.3 is 0 Å². The fourth-order valence-electron chi connectivity index (χ4n) is 3.29. The van der Waals surface area contributed by atoms with Crippen molar-refractivity contribution in [3.63, 3.8) is 0 Å². The highest BCUT2D eigenvalue weighted by atomic mass is 35.5. The molecule has 0 N–H and O–H groups in total. The van der Waals surface area contributed by atoms with Gasteiger partial charge in [-0.15, -0.1) is 11.8 Å². The fourth-order valence-corrected chi connectivity index (χ4v) is 4.40. The topological polar surface area (TPSA) is 36.4 Å². The second-order valence-electron chi connectivity index (χ2n) is 6.96. The van der Waals surface area contributed by atoms with E-state index in [0.717, 1.165) is 49.1 Å². The molecule has 6 heteroatoms. The van der Waals surface area contributed by atoms with Crippen molar-refractivity contribution in [3.8, 4) is 0 Å². The normalized spacial score (nSPS) is 16.7. The van der Waals surface area contributed by atoms with Gasteiger partial charge in [0.2, 0.25) is 5.91 Å². The van der Waals surface area contributed by atoms with Gasteiger partial charge in [0, 0.05) is 66.7 Å². The van der Waals surface area contributed by atoms with Crippen molar-refractivity contribution >= 4 is 29.3 Å². The van der Waals surface area contributed by atoms with E-state index in [2.05, 4.69) is 22.9 Å². The number of hydrogen-bond donors (Lipinski definition) is 0. The third-order valence-electron chi connectivity index (χ3n) is 4.68. The molecule has 4 nitrogen and oxygen atoms in total. The van der Waals surface area contributed by atoms with Crippen LogP contribution in [0.1, 0.15) is 25.3 Å². The number of hydrogen-bond acceptors (Lipinski definition) is 4. The van der Waals surface area contributed by atoms with Gasteiger partial charge in [-0.25, -0.2) is 0 Å². The minimum Gasteiger partial charge on any atom is -0.341 e. The Morgan fingerprint density at radius 1 is 1.19 bits per heavy atom. The van der Waals surface area contributed by atoms with Crippen LogP contribution in [0.25, 0.3) is 0 Å². The average molecular weight is 404 g/mol. The summed E-state index contributed by atoms with van der Waals surface area (Å²) in [5.74, 6) is 0.257. The molecule has 0 radical (unpaired) electrons. The van der Waals surface area contributed by atoms with E-state index in [0.29, 0.717) is 6.42 Å². The Morgan fingerprint density at radius 2 is 2.00 bits per heavy atom. The highest BCUT2D eigenvalue weighted by molar-refractivity contribution is 8.00. The van der Waals surface area contributed by atoms with Crippen molar-refractivity contribution in [2.24, 2.45) is 0 Å². The van der Waals surface area contributed by atoms with Crippen molar-refractivity contribution in [2.45, 2.75) is 36.5 Å². The summed E-state index contributed by atoms with van der Waals surface area (Å²) in [6.45, 7) is 6.60. The molecular weight excluding hydrogens is 378 g/mol. The summed E-state index contributed by atoms with van der Waals surface area (Å²) in [7, 11) is 0. The van der Waals surface area contributed by atoms with E-state index < -0.39 is 0 Å². The van der Waals surface area contributed by atoms with E-state index in [1.54, 1.807) is 18.0 Å². The van der Waals surface area contributed by atoms with E-state index in [-0.39, 0.29) is 11.2 Å². The third kappa shape index (κ3) is 6.52. The molecule has 2 aromatic rings. The number of rotatable bonds is 6. The molecule has 1 unspecified atom stereocenters. The van der Waals surface area contributed by atoms with Crippen LogP contribution >= 0.6 is 23.4 Å². The zero-order chi connectivity index (χ0) is 19.1. The standard InChI is InChI=1S/C21H26ClN3OS/c1-17(27-20-7-5-19(22)6-8-20)14-21(26)25-11-3-10-24(12-13-25)16-18-4-2-9-23-15-18/h2,4-9,15,17H,3,10-14,16H2,1H3. The van der Waals surface area contributed by atoms with E-state index in [4.69, 9.17) is 11.6 Å². The third-order valence-corrected chi connectivity index (χ3v) is 6.05. The highest BCUT2D eigenvalue weighted by Gasteiger charge is 2.21. The minimum atomic E-state index is 0.244. The number of carbonyl (C=O) groups excluding carboxylic acids is 1. The van der Waals surface area contributed by atoms with E-state index in [9.17, 15) is 4.79 Å². The van der Waals surface area contributed by atoms with Crippen molar-refractivity contribution < 1.29 is 4.79 Å². The van der Waals surface area contributed by atoms with Crippen molar-refractivity contribution in [1.82, 2.24) is 14.8 Å². The summed E-state index contributed by atoms with van der Waals surface area (Å²) < 4.78 is 0. The molecule has 1 saturated heterocycles. The van der Waals surface area contributed by atoms with Crippen LogP contribution in [0.4, 0.5) is 0 Å². The number of halogens is 1. The SMILES string of the molecule is CC(CC(=O)N1CCCN(Cc2cccnc2)CC1)Sc1ccc(Cl)cc1. The van der Waals surface area contributed by atoms with Crippen LogP contribution in [-0.4, -0.2) is 52.1 Å². The molecule has 0 saturated carbocycles. The molecule has 1 atom stereocenters. The predicted octanol–water partition coefficient (Wildman–Crippen LogP) is 4.34. The maximum Gasteiger partial charge on any atom is 0.223 e. The highest BCUT2D eigenvalue weighted by Crippen LogP contribution is 2.27. The second kappa shape index (κ2) is 10.1. The van der Waals surface area contributed by atoms with Gasteiger partial charge in [0.15, 0.2) is 0 Å². The van der Waals surface area contributed by atoms with Gasteiger partial charge in [0.05, 0.1) is 0 Å². The predicted molar refractivity (Wildman–Crippen MR) is 112 cm³/mol. The smallest absolute Gasteiger partial charge is 0.223 e. The summed E-state index contributed by atoms with van der Waals surface area (Å²) in [5, 5.41) is 0.983. The van der Waals surface area contributed by atoms with Crippen molar-refractivity contribution in [2.75, 3.05) is 26.2 Å². The summed E-state index contributed by atoms with van der Waals surface area (Å²) in [6.07, 6.45) is 5.31. The van der Waals surface area contributed by atoms with Crippen LogP contribution in [0.15, 0.2) is 53.7 Å². The van der Waals surface area contributed by atoms with Crippen LogP contribution in [0.2, 0.25) is 5.02 Å². The molecular formula is C21H26ClN3OS. The van der Waals surface area contributed by atoms with E-state index in [1.807, 2.05) is 41.4 Å². The van der Waals surface area contributed by atoms with Gasteiger partial charge in [0.1, 0.15) is 0 Å². The number of aromatic nitrogens is 1. The largest absolute Gasteiger partial charge is 0.341 e. The Hall–Kier alpha value is -1.56. The molecule has 27 heavy (non-hydrogen) atoms. The number of carbonyl (C=O) groups is 1. The zero-order valence-corrected chi connectivity index (χ0v) is 17.3. The van der Waals surface area contributed by atoms with Crippen molar-refractivity contribution in [1.29, 1.82) is 0 Å². The maximum atomic E-state index is 12.7. The fraction of sp³-hybridized carbons (Fsp3) is 0.429. The van der Waals surface area contributed by atoms with Gasteiger partial charge in [-0.05, 0) is 42.3 Å². The number of thioether (sulfide) groups is 1. The van der Waals surface area contributed by atoms with E-state index >= 15 is 0 Å². The summed E-state index contributed by atoms with van der Waals surface area (Å²) in [4.78, 5) is 22.5. The van der Waals surface area contributed by atoms with Crippen LogP contribution in [0, 0.1) is 0 Å². The second-order valence-corrected chi connectivity index (χ2v) is 8.91. The van der Waals surface area contributed by atoms with Gasteiger partial charge in [0.25, 0.3) is 0 Å². The minimum absolute atomic E-state index is 0.244. The van der Waals surface area contributed by atoms with Gasteiger partial charge in [-0.3, -0.25) is 14.7 Å². The monoisotopic (exact) mass is 403 g/mol. The lowest BCUT2D eigenvalue weighted by molar-refractivity contribution is -0.131. The first-order valence-electron chi connectivity index (χ1n) is 9.41.